The zero-order valence-electron chi connectivity index (χ0n) is 9.32. The summed E-state index contributed by atoms with van der Waals surface area (Å²) >= 11 is 0. The van der Waals surface area contributed by atoms with Gasteiger partial charge in [-0.3, -0.25) is 0 Å². The number of hydrogen-bond donors (Lipinski definition) is 2. The molecule has 1 aliphatic rings. The summed E-state index contributed by atoms with van der Waals surface area (Å²) < 4.78 is 1.78. The minimum atomic E-state index is 0.166. The number of aromatic nitrogens is 5. The van der Waals surface area contributed by atoms with Crippen LogP contribution in [0.5, 0.6) is 0 Å². The lowest BCUT2D eigenvalue weighted by Crippen LogP contribution is -2.18. The van der Waals surface area contributed by atoms with E-state index >= 15 is 0 Å². The predicted molar refractivity (Wildman–Crippen MR) is 61.0 cm³/mol. The maximum atomic E-state index is 9.34. The molecule has 2 heterocycles. The second kappa shape index (κ2) is 3.92. The molecule has 0 bridgehead atoms. The third kappa shape index (κ3) is 1.54. The van der Waals surface area contributed by atoms with Crippen molar-refractivity contribution in [1.82, 2.24) is 25.0 Å². The minimum absolute atomic E-state index is 0.166. The molecule has 17 heavy (non-hydrogen) atoms. The van der Waals surface area contributed by atoms with E-state index in [9.17, 15) is 5.11 Å². The van der Waals surface area contributed by atoms with E-state index in [1.807, 2.05) is 0 Å². The first-order valence-corrected chi connectivity index (χ1v) is 5.73. The summed E-state index contributed by atoms with van der Waals surface area (Å²) in [7, 11) is 0. The fourth-order valence-electron chi connectivity index (χ4n) is 2.56. The number of hydrogen-bond acceptors (Lipinski definition) is 6. The molecule has 0 radical (unpaired) electrons. The van der Waals surface area contributed by atoms with E-state index in [1.165, 1.54) is 6.33 Å². The highest BCUT2D eigenvalue weighted by Crippen LogP contribution is 2.36. The van der Waals surface area contributed by atoms with Crippen molar-refractivity contribution in [3.05, 3.63) is 6.33 Å². The van der Waals surface area contributed by atoms with Crippen LogP contribution in [0, 0.1) is 5.92 Å². The summed E-state index contributed by atoms with van der Waals surface area (Å²) in [6.45, 7) is 0.173. The summed E-state index contributed by atoms with van der Waals surface area (Å²) in [5.41, 5.74) is 6.91. The standard InChI is InChI=1S/C10H14N6O/c11-9-8-10(13-5-12-9)16(15-14-8)7-3-1-2-6(7)4-17/h5-7,17H,1-4H2,(H2,11,12,13)/t6-,7-/m0/s1. The van der Waals surface area contributed by atoms with Gasteiger partial charge in [0.05, 0.1) is 6.04 Å². The van der Waals surface area contributed by atoms with Gasteiger partial charge >= 0.3 is 0 Å². The Balaban J connectivity index is 2.09. The van der Waals surface area contributed by atoms with Gasteiger partial charge in [-0.2, -0.15) is 0 Å². The Bertz CT molecular complexity index is 539. The Labute approximate surface area is 97.7 Å². The molecule has 0 aliphatic heterocycles. The SMILES string of the molecule is Nc1ncnc2c1nnn2[C@H]1CCC[C@H]1CO. The van der Waals surface area contributed by atoms with Gasteiger partial charge in [0.25, 0.3) is 0 Å². The Morgan fingerprint density at radius 1 is 1.41 bits per heavy atom. The third-order valence-corrected chi connectivity index (χ3v) is 3.46. The molecule has 7 nitrogen and oxygen atoms in total. The van der Waals surface area contributed by atoms with Gasteiger partial charge in [0, 0.05) is 12.5 Å². The molecule has 2 aromatic heterocycles. The van der Waals surface area contributed by atoms with E-state index in [2.05, 4.69) is 20.3 Å². The lowest BCUT2D eigenvalue weighted by Gasteiger charge is -2.17. The van der Waals surface area contributed by atoms with Gasteiger partial charge in [-0.15, -0.1) is 5.10 Å². The maximum Gasteiger partial charge on any atom is 0.184 e. The number of anilines is 1. The molecule has 90 valence electrons. The van der Waals surface area contributed by atoms with Crippen LogP contribution in [0.1, 0.15) is 25.3 Å². The van der Waals surface area contributed by atoms with E-state index in [4.69, 9.17) is 5.73 Å². The Hall–Kier alpha value is -1.76. The molecule has 0 spiro atoms. The van der Waals surface area contributed by atoms with Crippen LogP contribution in [0.25, 0.3) is 11.2 Å². The molecule has 2 atom stereocenters. The summed E-state index contributed by atoms with van der Waals surface area (Å²) in [5.74, 6) is 0.580. The lowest BCUT2D eigenvalue weighted by atomic mass is 10.1. The molecule has 3 rings (SSSR count). The Morgan fingerprint density at radius 3 is 3.12 bits per heavy atom. The fourth-order valence-corrected chi connectivity index (χ4v) is 2.56. The van der Waals surface area contributed by atoms with E-state index in [0.717, 1.165) is 19.3 Å². The summed E-state index contributed by atoms with van der Waals surface area (Å²) in [6, 6.07) is 0.166. The summed E-state index contributed by atoms with van der Waals surface area (Å²) in [6.07, 6.45) is 4.52. The van der Waals surface area contributed by atoms with Crippen molar-refractivity contribution < 1.29 is 5.11 Å². The number of fused-ring (bicyclic) bond motifs is 1. The van der Waals surface area contributed by atoms with Crippen LogP contribution in [0.4, 0.5) is 5.82 Å². The second-order valence-electron chi connectivity index (χ2n) is 4.41. The normalized spacial score (nSPS) is 24.5. The van der Waals surface area contributed by atoms with Gasteiger partial charge in [0.1, 0.15) is 6.33 Å². The number of aliphatic hydroxyl groups excluding tert-OH is 1. The smallest absolute Gasteiger partial charge is 0.184 e. The Morgan fingerprint density at radius 2 is 2.29 bits per heavy atom. The monoisotopic (exact) mass is 234 g/mol. The predicted octanol–water partition coefficient (Wildman–Crippen LogP) is 0.137. The highest BCUT2D eigenvalue weighted by atomic mass is 16.3. The highest BCUT2D eigenvalue weighted by Gasteiger charge is 2.30. The first-order chi connectivity index (χ1) is 8.31. The van der Waals surface area contributed by atoms with Crippen LogP contribution in [0.15, 0.2) is 6.33 Å². The first kappa shape index (κ1) is 10.4. The molecule has 1 fully saturated rings. The van der Waals surface area contributed by atoms with E-state index < -0.39 is 0 Å². The number of aliphatic hydroxyl groups is 1. The van der Waals surface area contributed by atoms with Crippen molar-refractivity contribution in [3.63, 3.8) is 0 Å². The average Bonchev–Trinajstić information content (AvgIpc) is 2.94. The molecule has 7 heteroatoms. The van der Waals surface area contributed by atoms with Crippen LogP contribution >= 0.6 is 0 Å². The van der Waals surface area contributed by atoms with Crippen molar-refractivity contribution in [2.75, 3.05) is 12.3 Å². The van der Waals surface area contributed by atoms with Crippen molar-refractivity contribution in [2.24, 2.45) is 5.92 Å². The van der Waals surface area contributed by atoms with Gasteiger partial charge in [-0.1, -0.05) is 11.6 Å². The maximum absolute atomic E-state index is 9.34. The number of rotatable bonds is 2. The molecule has 0 amide bonds. The number of nitrogens with zero attached hydrogens (tertiary/aromatic N) is 5. The lowest BCUT2D eigenvalue weighted by molar-refractivity contribution is 0.191. The van der Waals surface area contributed by atoms with Gasteiger partial charge in [-0.25, -0.2) is 14.6 Å². The number of nitrogens with two attached hydrogens (primary N) is 1. The quantitative estimate of drug-likeness (QED) is 0.766. The summed E-state index contributed by atoms with van der Waals surface area (Å²) in [4.78, 5) is 8.07. The topological polar surface area (TPSA) is 103 Å². The highest BCUT2D eigenvalue weighted by molar-refractivity contribution is 5.80. The Kier molecular flexibility index (Phi) is 2.40. The minimum Gasteiger partial charge on any atom is -0.396 e. The van der Waals surface area contributed by atoms with Gasteiger partial charge in [0.2, 0.25) is 0 Å². The van der Waals surface area contributed by atoms with Crippen molar-refractivity contribution in [3.8, 4) is 0 Å². The zero-order valence-corrected chi connectivity index (χ0v) is 9.32. The van der Waals surface area contributed by atoms with Crippen LogP contribution in [-0.2, 0) is 0 Å². The van der Waals surface area contributed by atoms with Gasteiger partial charge in [0.15, 0.2) is 17.0 Å². The van der Waals surface area contributed by atoms with Crippen LogP contribution < -0.4 is 5.73 Å². The zero-order chi connectivity index (χ0) is 11.8. The molecule has 1 aliphatic carbocycles. The molecule has 3 N–H and O–H groups in total. The van der Waals surface area contributed by atoms with E-state index in [-0.39, 0.29) is 18.6 Å². The molecule has 0 aromatic carbocycles. The second-order valence-corrected chi connectivity index (χ2v) is 4.41. The van der Waals surface area contributed by atoms with Crippen LogP contribution in [0.2, 0.25) is 0 Å². The fraction of sp³-hybridized carbons (Fsp3) is 0.600. The largest absolute Gasteiger partial charge is 0.396 e. The van der Waals surface area contributed by atoms with Gasteiger partial charge in [-0.05, 0) is 12.8 Å². The molecule has 1 saturated carbocycles. The molecular formula is C10H14N6O. The van der Waals surface area contributed by atoms with Crippen LogP contribution in [0.3, 0.4) is 0 Å². The average molecular weight is 234 g/mol. The van der Waals surface area contributed by atoms with Gasteiger partial charge < -0.3 is 10.8 Å². The van der Waals surface area contributed by atoms with Crippen molar-refractivity contribution >= 4 is 17.0 Å². The molecule has 0 unspecified atom stereocenters. The van der Waals surface area contributed by atoms with Crippen LogP contribution in [-0.4, -0.2) is 36.7 Å². The molecular weight excluding hydrogens is 220 g/mol. The molecule has 2 aromatic rings. The third-order valence-electron chi connectivity index (χ3n) is 3.46. The molecule has 0 saturated heterocycles. The number of nitrogen functional groups attached to an aromatic ring is 1. The summed E-state index contributed by atoms with van der Waals surface area (Å²) in [5, 5.41) is 17.5. The van der Waals surface area contributed by atoms with Crippen molar-refractivity contribution in [2.45, 2.75) is 25.3 Å². The van der Waals surface area contributed by atoms with Crippen molar-refractivity contribution in [1.29, 1.82) is 0 Å². The first-order valence-electron chi connectivity index (χ1n) is 5.73. The van der Waals surface area contributed by atoms with E-state index in [1.54, 1.807) is 4.68 Å². The van der Waals surface area contributed by atoms with E-state index in [0.29, 0.717) is 17.0 Å².